The summed E-state index contributed by atoms with van der Waals surface area (Å²) in [5.41, 5.74) is 1.65. The number of hydrogen-bond donors (Lipinski definition) is 1. The van der Waals surface area contributed by atoms with E-state index >= 15 is 0 Å². The van der Waals surface area contributed by atoms with Crippen LogP contribution in [0.4, 0.5) is 13.2 Å². The Morgan fingerprint density at radius 2 is 1.75 bits per heavy atom. The maximum Gasteiger partial charge on any atom is 0.471 e. The second-order valence-electron chi connectivity index (χ2n) is 3.60. The zero-order chi connectivity index (χ0) is 12.3. The molecule has 0 bridgehead atoms. The third kappa shape index (κ3) is 3.25. The molecule has 0 radical (unpaired) electrons. The first kappa shape index (κ1) is 12.5. The van der Waals surface area contributed by atoms with Gasteiger partial charge in [-0.2, -0.15) is 13.2 Å². The SMILES string of the molecule is Cc1ccc(C(C)NC(=O)C(F)(F)F)cc1. The van der Waals surface area contributed by atoms with Crippen LogP contribution in [0.3, 0.4) is 0 Å². The Kier molecular flexibility index (Phi) is 3.57. The van der Waals surface area contributed by atoms with Crippen molar-refractivity contribution in [3.63, 3.8) is 0 Å². The largest absolute Gasteiger partial charge is 0.471 e. The zero-order valence-electron chi connectivity index (χ0n) is 8.93. The van der Waals surface area contributed by atoms with Crippen LogP contribution in [0.15, 0.2) is 24.3 Å². The van der Waals surface area contributed by atoms with Gasteiger partial charge in [0, 0.05) is 0 Å². The number of carbonyl (C=O) groups excluding carboxylic acids is 1. The quantitative estimate of drug-likeness (QED) is 0.833. The summed E-state index contributed by atoms with van der Waals surface area (Å²) in [4.78, 5) is 10.7. The fourth-order valence-corrected chi connectivity index (χ4v) is 1.22. The molecule has 0 aliphatic carbocycles. The molecule has 1 aromatic rings. The van der Waals surface area contributed by atoms with Crippen molar-refractivity contribution >= 4 is 5.91 Å². The molecule has 1 amide bonds. The molecule has 0 spiro atoms. The van der Waals surface area contributed by atoms with Crippen molar-refractivity contribution in [2.75, 3.05) is 0 Å². The molecular formula is C11H12F3NO. The van der Waals surface area contributed by atoms with Gasteiger partial charge in [-0.25, -0.2) is 0 Å². The number of hydrogen-bond acceptors (Lipinski definition) is 1. The van der Waals surface area contributed by atoms with Crippen molar-refractivity contribution in [1.29, 1.82) is 0 Å². The minimum absolute atomic E-state index is 0.642. The fourth-order valence-electron chi connectivity index (χ4n) is 1.22. The van der Waals surface area contributed by atoms with Gasteiger partial charge < -0.3 is 5.32 Å². The normalized spacial score (nSPS) is 13.3. The summed E-state index contributed by atoms with van der Waals surface area (Å²) in [6.07, 6.45) is -4.83. The van der Waals surface area contributed by atoms with E-state index in [4.69, 9.17) is 0 Å². The summed E-state index contributed by atoms with van der Waals surface area (Å²) < 4.78 is 35.9. The maximum atomic E-state index is 12.0. The van der Waals surface area contributed by atoms with Gasteiger partial charge in [-0.1, -0.05) is 29.8 Å². The molecule has 2 nitrogen and oxygen atoms in total. The molecule has 0 saturated heterocycles. The van der Waals surface area contributed by atoms with E-state index in [1.54, 1.807) is 24.3 Å². The van der Waals surface area contributed by atoms with Crippen LogP contribution in [0.2, 0.25) is 0 Å². The number of carbonyl (C=O) groups is 1. The Balaban J connectivity index is 2.69. The lowest BCUT2D eigenvalue weighted by atomic mass is 10.1. The van der Waals surface area contributed by atoms with E-state index in [0.29, 0.717) is 5.56 Å². The highest BCUT2D eigenvalue weighted by atomic mass is 19.4. The highest BCUT2D eigenvalue weighted by Gasteiger charge is 2.39. The Morgan fingerprint density at radius 1 is 1.25 bits per heavy atom. The maximum absolute atomic E-state index is 12.0. The van der Waals surface area contributed by atoms with Crippen molar-refractivity contribution in [2.24, 2.45) is 0 Å². The number of benzene rings is 1. The molecular weight excluding hydrogens is 219 g/mol. The van der Waals surface area contributed by atoms with E-state index in [1.807, 2.05) is 12.2 Å². The van der Waals surface area contributed by atoms with E-state index < -0.39 is 18.1 Å². The van der Waals surface area contributed by atoms with Gasteiger partial charge in [0.1, 0.15) is 0 Å². The first-order valence-electron chi connectivity index (χ1n) is 4.75. The Hall–Kier alpha value is -1.52. The average molecular weight is 231 g/mol. The van der Waals surface area contributed by atoms with Crippen molar-refractivity contribution in [3.8, 4) is 0 Å². The smallest absolute Gasteiger partial charge is 0.342 e. The summed E-state index contributed by atoms with van der Waals surface area (Å²) in [7, 11) is 0. The molecule has 0 heterocycles. The third-order valence-electron chi connectivity index (χ3n) is 2.18. The summed E-state index contributed by atoms with van der Waals surface area (Å²) >= 11 is 0. The monoisotopic (exact) mass is 231 g/mol. The van der Waals surface area contributed by atoms with Gasteiger partial charge in [0.05, 0.1) is 6.04 Å². The number of halogens is 3. The van der Waals surface area contributed by atoms with Crippen molar-refractivity contribution in [1.82, 2.24) is 5.32 Å². The second kappa shape index (κ2) is 4.55. The van der Waals surface area contributed by atoms with Crippen LogP contribution in [0.25, 0.3) is 0 Å². The number of alkyl halides is 3. The highest BCUT2D eigenvalue weighted by molar-refractivity contribution is 5.82. The number of nitrogens with one attached hydrogen (secondary N) is 1. The molecule has 1 atom stereocenters. The van der Waals surface area contributed by atoms with Crippen molar-refractivity contribution in [3.05, 3.63) is 35.4 Å². The standard InChI is InChI=1S/C11H12F3NO/c1-7-3-5-9(6-4-7)8(2)15-10(16)11(12,13)14/h3-6,8H,1-2H3,(H,15,16). The first-order valence-corrected chi connectivity index (χ1v) is 4.75. The summed E-state index contributed by atoms with van der Waals surface area (Å²) in [6.45, 7) is 3.39. The van der Waals surface area contributed by atoms with E-state index in [1.165, 1.54) is 6.92 Å². The summed E-state index contributed by atoms with van der Waals surface area (Å²) in [5.74, 6) is -1.92. The molecule has 1 unspecified atom stereocenters. The minimum Gasteiger partial charge on any atom is -0.342 e. The molecule has 0 aromatic heterocycles. The van der Waals surface area contributed by atoms with Gasteiger partial charge in [-0.05, 0) is 19.4 Å². The molecule has 1 N–H and O–H groups in total. The van der Waals surface area contributed by atoms with Gasteiger partial charge in [0.15, 0.2) is 0 Å². The predicted octanol–water partition coefficient (Wildman–Crippen LogP) is 2.73. The molecule has 1 aromatic carbocycles. The predicted molar refractivity (Wildman–Crippen MR) is 53.8 cm³/mol. The second-order valence-corrected chi connectivity index (χ2v) is 3.60. The molecule has 0 saturated carbocycles. The first-order chi connectivity index (χ1) is 7.30. The summed E-state index contributed by atoms with van der Waals surface area (Å²) in [5, 5.41) is 1.89. The Morgan fingerprint density at radius 3 is 2.19 bits per heavy atom. The van der Waals surface area contributed by atoms with Gasteiger partial charge in [-0.15, -0.1) is 0 Å². The zero-order valence-corrected chi connectivity index (χ0v) is 8.93. The molecule has 0 fully saturated rings. The fraction of sp³-hybridized carbons (Fsp3) is 0.364. The lowest BCUT2D eigenvalue weighted by Crippen LogP contribution is -2.38. The van der Waals surface area contributed by atoms with Crippen LogP contribution in [-0.4, -0.2) is 12.1 Å². The number of aryl methyl sites for hydroxylation is 1. The average Bonchev–Trinajstić information content (AvgIpc) is 2.17. The van der Waals surface area contributed by atoms with E-state index in [0.717, 1.165) is 5.56 Å². The van der Waals surface area contributed by atoms with E-state index in [-0.39, 0.29) is 0 Å². The topological polar surface area (TPSA) is 29.1 Å². The van der Waals surface area contributed by atoms with Crippen LogP contribution in [0.1, 0.15) is 24.1 Å². The Labute approximate surface area is 91.5 Å². The highest BCUT2D eigenvalue weighted by Crippen LogP contribution is 2.18. The lowest BCUT2D eigenvalue weighted by molar-refractivity contribution is -0.174. The number of amides is 1. The van der Waals surface area contributed by atoms with Crippen LogP contribution in [0.5, 0.6) is 0 Å². The van der Waals surface area contributed by atoms with Crippen molar-refractivity contribution in [2.45, 2.75) is 26.1 Å². The Bertz CT molecular complexity index is 370. The van der Waals surface area contributed by atoms with Crippen LogP contribution in [0, 0.1) is 6.92 Å². The van der Waals surface area contributed by atoms with Gasteiger partial charge in [0.25, 0.3) is 0 Å². The molecule has 88 valence electrons. The molecule has 0 aliphatic heterocycles. The van der Waals surface area contributed by atoms with Crippen LogP contribution < -0.4 is 5.32 Å². The van der Waals surface area contributed by atoms with Crippen molar-refractivity contribution < 1.29 is 18.0 Å². The lowest BCUT2D eigenvalue weighted by Gasteiger charge is -2.15. The third-order valence-corrected chi connectivity index (χ3v) is 2.18. The van der Waals surface area contributed by atoms with Crippen LogP contribution in [-0.2, 0) is 4.79 Å². The minimum atomic E-state index is -4.83. The molecule has 16 heavy (non-hydrogen) atoms. The molecule has 0 aliphatic rings. The van der Waals surface area contributed by atoms with Gasteiger partial charge in [-0.3, -0.25) is 4.79 Å². The van der Waals surface area contributed by atoms with E-state index in [2.05, 4.69) is 0 Å². The van der Waals surface area contributed by atoms with E-state index in [9.17, 15) is 18.0 Å². The van der Waals surface area contributed by atoms with Gasteiger partial charge >= 0.3 is 12.1 Å². The molecule has 5 heteroatoms. The molecule has 1 rings (SSSR count). The van der Waals surface area contributed by atoms with Crippen LogP contribution >= 0.6 is 0 Å². The summed E-state index contributed by atoms with van der Waals surface area (Å²) in [6, 6.07) is 6.29. The van der Waals surface area contributed by atoms with Gasteiger partial charge in [0.2, 0.25) is 0 Å². The number of rotatable bonds is 2.